The molecule has 0 rings (SSSR count). The molecule has 0 amide bonds. The molecule has 5 nitrogen and oxygen atoms in total. The summed E-state index contributed by atoms with van der Waals surface area (Å²) in [4.78, 5) is 24.5. The van der Waals surface area contributed by atoms with Gasteiger partial charge in [0.25, 0.3) is 0 Å². The van der Waals surface area contributed by atoms with Crippen molar-refractivity contribution in [2.75, 3.05) is 13.2 Å². The van der Waals surface area contributed by atoms with Crippen molar-refractivity contribution in [3.63, 3.8) is 0 Å². The van der Waals surface area contributed by atoms with Crippen LogP contribution in [0.5, 0.6) is 0 Å². The topological polar surface area (TPSA) is 72.8 Å². The summed E-state index contributed by atoms with van der Waals surface area (Å²) < 4.78 is 10.7. The molecule has 0 aliphatic carbocycles. The second-order valence-electron chi connectivity index (χ2n) is 19.3. The van der Waals surface area contributed by atoms with Gasteiger partial charge in [0.05, 0.1) is 6.61 Å². The smallest absolute Gasteiger partial charge is 0.306 e. The van der Waals surface area contributed by atoms with Crippen LogP contribution in [0.1, 0.15) is 290 Å². The molecule has 0 heterocycles. The maximum atomic E-state index is 12.3. The van der Waals surface area contributed by atoms with Crippen molar-refractivity contribution in [2.45, 2.75) is 296 Å². The molecule has 1 N–H and O–H groups in total. The second kappa shape index (κ2) is 57.7. The Labute approximate surface area is 416 Å². The van der Waals surface area contributed by atoms with E-state index in [1.165, 1.54) is 193 Å². The van der Waals surface area contributed by atoms with Gasteiger partial charge in [-0.15, -0.1) is 0 Å². The molecule has 0 aliphatic heterocycles. The Balaban J connectivity index is 3.45. The average molecular weight is 936 g/mol. The highest BCUT2D eigenvalue weighted by Crippen LogP contribution is 2.17. The van der Waals surface area contributed by atoms with Gasteiger partial charge in [0.15, 0.2) is 6.10 Å². The lowest BCUT2D eigenvalue weighted by Crippen LogP contribution is -2.28. The zero-order chi connectivity index (χ0) is 48.5. The van der Waals surface area contributed by atoms with Gasteiger partial charge in [-0.05, 0) is 83.5 Å². The number of carbonyl (C=O) groups excluding carboxylic acids is 2. The van der Waals surface area contributed by atoms with Crippen LogP contribution >= 0.6 is 0 Å². The fourth-order valence-electron chi connectivity index (χ4n) is 8.40. The van der Waals surface area contributed by atoms with E-state index in [2.05, 4.69) is 86.8 Å². The molecule has 5 heteroatoms. The minimum atomic E-state index is -0.774. The predicted octanol–water partition coefficient (Wildman–Crippen LogP) is 19.6. The zero-order valence-corrected chi connectivity index (χ0v) is 44.4. The van der Waals surface area contributed by atoms with Crippen molar-refractivity contribution in [3.05, 3.63) is 72.9 Å². The summed E-state index contributed by atoms with van der Waals surface area (Å²) in [7, 11) is 0. The Kier molecular flexibility index (Phi) is 55.4. The first-order valence-corrected chi connectivity index (χ1v) is 29.0. The Morgan fingerprint density at radius 2 is 0.642 bits per heavy atom. The molecule has 0 aliphatic rings. The summed E-state index contributed by atoms with van der Waals surface area (Å²) >= 11 is 0. The lowest BCUT2D eigenvalue weighted by Gasteiger charge is -2.15. The number of unbranched alkanes of at least 4 members (excludes halogenated alkanes) is 33. The summed E-state index contributed by atoms with van der Waals surface area (Å²) in [6.45, 7) is 4.05. The third-order valence-electron chi connectivity index (χ3n) is 12.7. The molecule has 1 atom stereocenters. The Morgan fingerprint density at radius 3 is 0.985 bits per heavy atom. The van der Waals surface area contributed by atoms with Gasteiger partial charge >= 0.3 is 11.9 Å². The average Bonchev–Trinajstić information content (AvgIpc) is 3.33. The van der Waals surface area contributed by atoms with Crippen LogP contribution in [0.2, 0.25) is 0 Å². The number of aliphatic hydroxyl groups excluding tert-OH is 1. The first-order chi connectivity index (χ1) is 33.1. The molecule has 0 saturated carbocycles. The lowest BCUT2D eigenvalue weighted by atomic mass is 10.0. The van der Waals surface area contributed by atoms with Crippen molar-refractivity contribution in [2.24, 2.45) is 0 Å². The van der Waals surface area contributed by atoms with Crippen LogP contribution < -0.4 is 0 Å². The summed E-state index contributed by atoms with van der Waals surface area (Å²) in [6, 6.07) is 0. The lowest BCUT2D eigenvalue weighted by molar-refractivity contribution is -0.161. The number of rotatable bonds is 53. The van der Waals surface area contributed by atoms with Crippen LogP contribution in [0.3, 0.4) is 0 Å². The van der Waals surface area contributed by atoms with Crippen LogP contribution in [0.25, 0.3) is 0 Å². The fraction of sp³-hybridized carbons (Fsp3) is 0.774. The highest BCUT2D eigenvalue weighted by molar-refractivity contribution is 5.70. The molecule has 0 radical (unpaired) electrons. The second-order valence-corrected chi connectivity index (χ2v) is 19.3. The van der Waals surface area contributed by atoms with Crippen LogP contribution in [0.4, 0.5) is 0 Å². The molecule has 0 aromatic rings. The molecule has 0 bridgehead atoms. The molecule has 0 fully saturated rings. The van der Waals surface area contributed by atoms with Crippen molar-refractivity contribution >= 4 is 11.9 Å². The number of ether oxygens (including phenoxy) is 2. The van der Waals surface area contributed by atoms with Crippen LogP contribution in [-0.4, -0.2) is 36.4 Å². The third-order valence-corrected chi connectivity index (χ3v) is 12.7. The Bertz CT molecular complexity index is 1190. The highest BCUT2D eigenvalue weighted by atomic mass is 16.6. The van der Waals surface area contributed by atoms with Crippen LogP contribution in [0.15, 0.2) is 72.9 Å². The first-order valence-electron chi connectivity index (χ1n) is 29.0. The third kappa shape index (κ3) is 55.8. The van der Waals surface area contributed by atoms with E-state index in [9.17, 15) is 14.7 Å². The summed E-state index contributed by atoms with van der Waals surface area (Å²) in [5, 5.41) is 9.65. The van der Waals surface area contributed by atoms with E-state index < -0.39 is 6.10 Å². The van der Waals surface area contributed by atoms with E-state index in [0.717, 1.165) is 70.6 Å². The molecule has 0 saturated heterocycles. The normalized spacial score (nSPS) is 12.7. The van der Waals surface area contributed by atoms with Gasteiger partial charge in [-0.1, -0.05) is 267 Å². The molecule has 1 unspecified atom stereocenters. The molecule has 67 heavy (non-hydrogen) atoms. The number of esters is 2. The SMILES string of the molecule is CC/C=C\C/C=C\C/C=C\C/C=C\C/C=C\CCCCCCCCCCCCCCCCCCCCCC(=O)OC(CO)COC(=O)CCCCCCCCC/C=C\CCCCCCCCC. The van der Waals surface area contributed by atoms with Crippen molar-refractivity contribution in [1.29, 1.82) is 0 Å². The molecule has 388 valence electrons. The van der Waals surface area contributed by atoms with Gasteiger partial charge in [0.1, 0.15) is 6.61 Å². The Morgan fingerprint density at radius 1 is 0.358 bits per heavy atom. The highest BCUT2D eigenvalue weighted by Gasteiger charge is 2.16. The summed E-state index contributed by atoms with van der Waals surface area (Å²) in [6.07, 6.45) is 78.8. The van der Waals surface area contributed by atoms with E-state index in [1.54, 1.807) is 0 Å². The summed E-state index contributed by atoms with van der Waals surface area (Å²) in [5.74, 6) is -0.585. The Hall–Kier alpha value is -2.66. The number of hydrogen-bond donors (Lipinski definition) is 1. The van der Waals surface area contributed by atoms with E-state index in [1.807, 2.05) is 0 Å². The van der Waals surface area contributed by atoms with Gasteiger partial charge in [0.2, 0.25) is 0 Å². The number of carbonyl (C=O) groups is 2. The van der Waals surface area contributed by atoms with Crippen molar-refractivity contribution < 1.29 is 24.2 Å². The minimum Gasteiger partial charge on any atom is -0.462 e. The maximum Gasteiger partial charge on any atom is 0.306 e. The van der Waals surface area contributed by atoms with Gasteiger partial charge in [0, 0.05) is 12.8 Å². The van der Waals surface area contributed by atoms with Gasteiger partial charge in [-0.25, -0.2) is 0 Å². The number of hydrogen-bond acceptors (Lipinski definition) is 5. The molecular weight excluding hydrogens is 825 g/mol. The number of aliphatic hydroxyl groups is 1. The van der Waals surface area contributed by atoms with Crippen LogP contribution in [0, 0.1) is 0 Å². The monoisotopic (exact) mass is 935 g/mol. The van der Waals surface area contributed by atoms with E-state index in [4.69, 9.17) is 9.47 Å². The van der Waals surface area contributed by atoms with Gasteiger partial charge in [-0.3, -0.25) is 9.59 Å². The van der Waals surface area contributed by atoms with Gasteiger partial charge < -0.3 is 14.6 Å². The maximum absolute atomic E-state index is 12.3. The van der Waals surface area contributed by atoms with E-state index in [0.29, 0.717) is 12.8 Å². The van der Waals surface area contributed by atoms with Crippen molar-refractivity contribution in [1.82, 2.24) is 0 Å². The predicted molar refractivity (Wildman–Crippen MR) is 293 cm³/mol. The number of allylic oxidation sites excluding steroid dienone is 12. The van der Waals surface area contributed by atoms with Gasteiger partial charge in [-0.2, -0.15) is 0 Å². The standard InChI is InChI=1S/C62H110O5/c1-3-5-7-9-11-13-15-17-19-21-23-24-25-26-27-28-29-30-31-32-33-34-35-36-37-38-39-41-43-45-47-49-51-53-55-57-62(65)67-60(58-63)59-66-61(64)56-54-52-50-48-46-44-42-40-22-20-18-16-14-12-10-8-6-4-2/h5,7,11,13,17,19-20,22-24,26-27,60,63H,3-4,6,8-10,12,14-16,18,21,25,28-59H2,1-2H3/b7-5-,13-11-,19-17-,22-20-,24-23-,27-26-. The zero-order valence-electron chi connectivity index (χ0n) is 44.4. The molecule has 0 spiro atoms. The minimum absolute atomic E-state index is 0.0662. The fourth-order valence-corrected chi connectivity index (χ4v) is 8.40. The summed E-state index contributed by atoms with van der Waals surface area (Å²) in [5.41, 5.74) is 0. The quantitative estimate of drug-likeness (QED) is 0.0374. The van der Waals surface area contributed by atoms with E-state index >= 15 is 0 Å². The van der Waals surface area contributed by atoms with Crippen molar-refractivity contribution in [3.8, 4) is 0 Å². The van der Waals surface area contributed by atoms with E-state index in [-0.39, 0.29) is 25.2 Å². The molecular formula is C62H110O5. The largest absolute Gasteiger partial charge is 0.462 e. The molecule has 0 aromatic heterocycles. The first kappa shape index (κ1) is 64.3. The molecule has 0 aromatic carbocycles. The van der Waals surface area contributed by atoms with Crippen LogP contribution in [-0.2, 0) is 19.1 Å².